The average Bonchev–Trinajstić information content (AvgIpc) is 2.89. The third kappa shape index (κ3) is 27.5. The van der Waals surface area contributed by atoms with Gasteiger partial charge in [-0.25, -0.2) is 0 Å². The van der Waals surface area contributed by atoms with Gasteiger partial charge in [0.2, 0.25) is 0 Å². The molecule has 0 aromatic rings. The number of carbonyl (C=O) groups excluding carboxylic acids is 1. The van der Waals surface area contributed by atoms with Gasteiger partial charge in [0.15, 0.2) is 0 Å². The fourth-order valence-electron chi connectivity index (χ4n) is 4.84. The van der Waals surface area contributed by atoms with Crippen LogP contribution in [0.25, 0.3) is 0 Å². The zero-order chi connectivity index (χ0) is 27.2. The van der Waals surface area contributed by atoms with Crippen LogP contribution in [-0.2, 0) is 14.3 Å². The van der Waals surface area contributed by atoms with E-state index in [1.807, 2.05) is 6.92 Å². The van der Waals surface area contributed by atoms with Crippen molar-refractivity contribution in [1.82, 2.24) is 0 Å². The lowest BCUT2D eigenvalue weighted by molar-refractivity contribution is -0.151. The summed E-state index contributed by atoms with van der Waals surface area (Å²) in [4.78, 5) is 23.0. The first kappa shape index (κ1) is 35.7. The van der Waals surface area contributed by atoms with Crippen LogP contribution in [0.2, 0.25) is 0 Å². The Morgan fingerprint density at radius 1 is 0.595 bits per heavy atom. The number of hydrogen-bond donors (Lipinski definition) is 1. The maximum Gasteiger partial charge on any atom is 0.307 e. The zero-order valence-corrected chi connectivity index (χ0v) is 24.8. The van der Waals surface area contributed by atoms with E-state index in [0.29, 0.717) is 13.0 Å². The first-order valence-corrected chi connectivity index (χ1v) is 16.1. The second-order valence-electron chi connectivity index (χ2n) is 11.0. The quantitative estimate of drug-likeness (QED) is 0.0602. The number of esters is 1. The maximum absolute atomic E-state index is 11.7. The average molecular weight is 523 g/mol. The molecule has 0 aliphatic heterocycles. The molecular formula is C33H62O4. The highest BCUT2D eigenvalue weighted by molar-refractivity contribution is 5.78. The van der Waals surface area contributed by atoms with Crippen LogP contribution in [0.15, 0.2) is 12.2 Å². The molecule has 37 heavy (non-hydrogen) atoms. The monoisotopic (exact) mass is 522 g/mol. The third-order valence-corrected chi connectivity index (χ3v) is 7.29. The molecule has 0 aromatic heterocycles. The summed E-state index contributed by atoms with van der Waals surface area (Å²) in [6, 6.07) is 0. The molecule has 0 amide bonds. The Balaban J connectivity index is 3.37. The first-order chi connectivity index (χ1) is 18.1. The summed E-state index contributed by atoms with van der Waals surface area (Å²) < 4.78 is 5.02. The third-order valence-electron chi connectivity index (χ3n) is 7.29. The SMILES string of the molecule is CCCCCCCCCCCCCCCC/C=C/CCCCCCCCC(CC(=O)OCCC)C(=O)O. The van der Waals surface area contributed by atoms with Crippen molar-refractivity contribution < 1.29 is 19.4 Å². The highest BCUT2D eigenvalue weighted by Crippen LogP contribution is 2.17. The zero-order valence-electron chi connectivity index (χ0n) is 24.8. The molecule has 0 aromatic carbocycles. The molecule has 0 bridgehead atoms. The van der Waals surface area contributed by atoms with E-state index in [4.69, 9.17) is 4.74 Å². The Hall–Kier alpha value is -1.32. The molecule has 0 radical (unpaired) electrons. The molecule has 4 heteroatoms. The normalized spacial score (nSPS) is 12.3. The first-order valence-electron chi connectivity index (χ1n) is 16.1. The van der Waals surface area contributed by atoms with Gasteiger partial charge in [0.25, 0.3) is 0 Å². The van der Waals surface area contributed by atoms with Crippen LogP contribution in [0.1, 0.15) is 174 Å². The van der Waals surface area contributed by atoms with Crippen LogP contribution in [0.5, 0.6) is 0 Å². The van der Waals surface area contributed by atoms with Crippen LogP contribution in [0.3, 0.4) is 0 Å². The molecule has 1 atom stereocenters. The predicted molar refractivity (Wildman–Crippen MR) is 158 cm³/mol. The molecule has 218 valence electrons. The summed E-state index contributed by atoms with van der Waals surface area (Å²) >= 11 is 0. The number of allylic oxidation sites excluding steroid dienone is 2. The highest BCUT2D eigenvalue weighted by atomic mass is 16.5. The maximum atomic E-state index is 11.7. The van der Waals surface area contributed by atoms with Gasteiger partial charge in [-0.05, 0) is 38.5 Å². The van der Waals surface area contributed by atoms with E-state index in [2.05, 4.69) is 19.1 Å². The lowest BCUT2D eigenvalue weighted by atomic mass is 9.97. The minimum Gasteiger partial charge on any atom is -0.481 e. The molecule has 0 aliphatic carbocycles. The molecule has 1 unspecified atom stereocenters. The number of aliphatic carboxylic acids is 1. The summed E-state index contributed by atoms with van der Waals surface area (Å²) in [5, 5.41) is 9.32. The van der Waals surface area contributed by atoms with Crippen LogP contribution >= 0.6 is 0 Å². The molecule has 0 saturated heterocycles. The Morgan fingerprint density at radius 2 is 1.00 bits per heavy atom. The van der Waals surface area contributed by atoms with Crippen LogP contribution in [-0.4, -0.2) is 23.7 Å². The molecular weight excluding hydrogens is 460 g/mol. The van der Waals surface area contributed by atoms with E-state index < -0.39 is 11.9 Å². The standard InChI is InChI=1S/C33H62O4/c1-3-5-6-7-8-9-10-11-12-13-14-15-16-17-18-19-20-21-22-23-24-25-26-27-28-31(33(35)36)30-32(34)37-29-4-2/h19-20,31H,3-18,21-30H2,1-2H3,(H,35,36)/b20-19+. The Labute approximate surface area is 230 Å². The summed E-state index contributed by atoms with van der Waals surface area (Å²) in [6.45, 7) is 4.59. The van der Waals surface area contributed by atoms with Crippen molar-refractivity contribution in [3.8, 4) is 0 Å². The number of ether oxygens (including phenoxy) is 1. The van der Waals surface area contributed by atoms with E-state index in [0.717, 1.165) is 25.7 Å². The van der Waals surface area contributed by atoms with Gasteiger partial charge in [0, 0.05) is 0 Å². The number of carbonyl (C=O) groups is 2. The lowest BCUT2D eigenvalue weighted by Crippen LogP contribution is -2.19. The summed E-state index contributed by atoms with van der Waals surface area (Å²) in [6.07, 6.45) is 35.1. The van der Waals surface area contributed by atoms with Gasteiger partial charge in [-0.3, -0.25) is 9.59 Å². The molecule has 0 heterocycles. The Kier molecular flexibility index (Phi) is 28.2. The smallest absolute Gasteiger partial charge is 0.307 e. The van der Waals surface area contributed by atoms with E-state index in [1.165, 1.54) is 122 Å². The van der Waals surface area contributed by atoms with Crippen LogP contribution in [0, 0.1) is 5.92 Å². The van der Waals surface area contributed by atoms with Crippen molar-refractivity contribution in [2.45, 2.75) is 174 Å². The van der Waals surface area contributed by atoms with E-state index in [1.54, 1.807) is 0 Å². The Bertz CT molecular complexity index is 528. The van der Waals surface area contributed by atoms with E-state index in [9.17, 15) is 14.7 Å². The topological polar surface area (TPSA) is 63.6 Å². The van der Waals surface area contributed by atoms with Gasteiger partial charge in [0.1, 0.15) is 0 Å². The van der Waals surface area contributed by atoms with Gasteiger partial charge < -0.3 is 9.84 Å². The second kappa shape index (κ2) is 29.2. The summed E-state index contributed by atoms with van der Waals surface area (Å²) in [5.74, 6) is -1.87. The molecule has 0 rings (SSSR count). The van der Waals surface area contributed by atoms with Gasteiger partial charge in [-0.1, -0.05) is 142 Å². The fraction of sp³-hybridized carbons (Fsp3) is 0.879. The predicted octanol–water partition coefficient (Wildman–Crippen LogP) is 10.6. The van der Waals surface area contributed by atoms with E-state index >= 15 is 0 Å². The fourth-order valence-corrected chi connectivity index (χ4v) is 4.84. The number of rotatable bonds is 29. The number of carboxylic acid groups (broad SMARTS) is 1. The van der Waals surface area contributed by atoms with Crippen molar-refractivity contribution in [2.75, 3.05) is 6.61 Å². The summed E-state index contributed by atoms with van der Waals surface area (Å²) in [5.41, 5.74) is 0. The van der Waals surface area contributed by atoms with Crippen molar-refractivity contribution >= 4 is 11.9 Å². The van der Waals surface area contributed by atoms with Crippen molar-refractivity contribution in [2.24, 2.45) is 5.92 Å². The molecule has 4 nitrogen and oxygen atoms in total. The minimum atomic E-state index is -0.880. The summed E-state index contributed by atoms with van der Waals surface area (Å²) in [7, 11) is 0. The van der Waals surface area contributed by atoms with Crippen molar-refractivity contribution in [3.05, 3.63) is 12.2 Å². The molecule has 0 aliphatic rings. The van der Waals surface area contributed by atoms with E-state index in [-0.39, 0.29) is 12.4 Å². The van der Waals surface area contributed by atoms with Gasteiger partial charge >= 0.3 is 11.9 Å². The minimum absolute atomic E-state index is 0.00102. The molecule has 1 N–H and O–H groups in total. The Morgan fingerprint density at radius 3 is 1.41 bits per heavy atom. The van der Waals surface area contributed by atoms with Crippen LogP contribution < -0.4 is 0 Å². The van der Waals surface area contributed by atoms with Crippen LogP contribution in [0.4, 0.5) is 0 Å². The largest absolute Gasteiger partial charge is 0.481 e. The van der Waals surface area contributed by atoms with Gasteiger partial charge in [-0.15, -0.1) is 0 Å². The van der Waals surface area contributed by atoms with Crippen molar-refractivity contribution in [1.29, 1.82) is 0 Å². The number of hydrogen-bond acceptors (Lipinski definition) is 3. The van der Waals surface area contributed by atoms with Gasteiger partial charge in [-0.2, -0.15) is 0 Å². The molecule has 0 fully saturated rings. The lowest BCUT2D eigenvalue weighted by Gasteiger charge is -2.11. The molecule has 0 saturated carbocycles. The second-order valence-corrected chi connectivity index (χ2v) is 11.0. The van der Waals surface area contributed by atoms with Gasteiger partial charge in [0.05, 0.1) is 18.9 Å². The number of unbranched alkanes of at least 4 members (excludes halogenated alkanes) is 20. The van der Waals surface area contributed by atoms with Crippen molar-refractivity contribution in [3.63, 3.8) is 0 Å². The number of carboxylic acids is 1. The molecule has 0 spiro atoms. The highest BCUT2D eigenvalue weighted by Gasteiger charge is 2.21.